The van der Waals surface area contributed by atoms with Gasteiger partial charge in [-0.2, -0.15) is 5.10 Å². The van der Waals surface area contributed by atoms with Crippen molar-refractivity contribution in [3.8, 4) is 11.5 Å². The molecular formula is C21H22FN3O3. The molecule has 2 heterocycles. The monoisotopic (exact) mass is 383 g/mol. The molecule has 0 aliphatic carbocycles. The molecule has 0 unspecified atom stereocenters. The number of nitrogens with zero attached hydrogens (tertiary/aromatic N) is 3. The van der Waals surface area contributed by atoms with Crippen molar-refractivity contribution in [2.75, 3.05) is 13.7 Å². The largest absolute Gasteiger partial charge is 0.508 e. The summed E-state index contributed by atoms with van der Waals surface area (Å²) in [4.78, 5) is 14.7. The number of carbonyl (C=O) groups is 1. The Labute approximate surface area is 162 Å². The lowest BCUT2D eigenvalue weighted by Crippen LogP contribution is -2.43. The van der Waals surface area contributed by atoms with Crippen LogP contribution in [0.2, 0.25) is 0 Å². The molecule has 2 aliphatic heterocycles. The standard InChI is InChI=1S/C21H22FN3O3/c1-12(2)24(3)21(27)25-20(13-5-4-6-15(26)9-13)17-11-28-18-8-7-14(22)10-16(18)19(17)23-25/h4-10,12,17,20,26H,11H2,1-3H3/t17-,20-/m1/s1. The number of halogens is 1. The van der Waals surface area contributed by atoms with Crippen LogP contribution in [0, 0.1) is 11.7 Å². The summed E-state index contributed by atoms with van der Waals surface area (Å²) in [6, 6.07) is 10.4. The Bertz CT molecular complexity index is 960. The Balaban J connectivity index is 1.82. The fraction of sp³-hybridized carbons (Fsp3) is 0.333. The van der Waals surface area contributed by atoms with Crippen LogP contribution in [0.3, 0.4) is 0 Å². The molecule has 28 heavy (non-hydrogen) atoms. The molecule has 7 heteroatoms. The van der Waals surface area contributed by atoms with E-state index in [1.807, 2.05) is 19.9 Å². The Morgan fingerprint density at radius 1 is 1.32 bits per heavy atom. The molecule has 6 nitrogen and oxygen atoms in total. The molecule has 2 aromatic carbocycles. The van der Waals surface area contributed by atoms with Crippen LogP contribution in [-0.4, -0.2) is 46.5 Å². The summed E-state index contributed by atoms with van der Waals surface area (Å²) in [5.74, 6) is 0.0144. The van der Waals surface area contributed by atoms with Gasteiger partial charge in [0, 0.05) is 18.7 Å². The van der Waals surface area contributed by atoms with Gasteiger partial charge in [-0.25, -0.2) is 14.2 Å². The number of hydrogen-bond donors (Lipinski definition) is 1. The molecule has 146 valence electrons. The highest BCUT2D eigenvalue weighted by Gasteiger charge is 2.46. The first-order valence-electron chi connectivity index (χ1n) is 9.23. The third-order valence-corrected chi connectivity index (χ3v) is 5.33. The van der Waals surface area contributed by atoms with E-state index < -0.39 is 6.04 Å². The highest BCUT2D eigenvalue weighted by Crippen LogP contribution is 2.43. The summed E-state index contributed by atoms with van der Waals surface area (Å²) >= 11 is 0. The van der Waals surface area contributed by atoms with Gasteiger partial charge in [-0.3, -0.25) is 0 Å². The molecule has 2 aliphatic rings. The van der Waals surface area contributed by atoms with Crippen molar-refractivity contribution in [1.29, 1.82) is 0 Å². The highest BCUT2D eigenvalue weighted by molar-refractivity contribution is 6.07. The normalized spacial score (nSPS) is 20.3. The maximum absolute atomic E-state index is 13.9. The predicted octanol–water partition coefficient (Wildman–Crippen LogP) is 3.76. The van der Waals surface area contributed by atoms with Gasteiger partial charge >= 0.3 is 6.03 Å². The minimum atomic E-state index is -0.452. The van der Waals surface area contributed by atoms with Crippen molar-refractivity contribution in [2.45, 2.75) is 25.9 Å². The summed E-state index contributed by atoms with van der Waals surface area (Å²) in [6.07, 6.45) is 0. The van der Waals surface area contributed by atoms with Crippen molar-refractivity contribution in [1.82, 2.24) is 9.91 Å². The molecule has 0 radical (unpaired) electrons. The fourth-order valence-corrected chi connectivity index (χ4v) is 3.63. The van der Waals surface area contributed by atoms with E-state index in [1.165, 1.54) is 17.1 Å². The second-order valence-corrected chi connectivity index (χ2v) is 7.41. The first-order chi connectivity index (χ1) is 13.4. The van der Waals surface area contributed by atoms with Crippen LogP contribution in [0.15, 0.2) is 47.6 Å². The van der Waals surface area contributed by atoms with Gasteiger partial charge in [0.15, 0.2) is 0 Å². The van der Waals surface area contributed by atoms with Crippen LogP contribution in [0.4, 0.5) is 9.18 Å². The van der Waals surface area contributed by atoms with Crippen molar-refractivity contribution in [3.05, 3.63) is 59.4 Å². The number of ether oxygens (including phenoxy) is 1. The van der Waals surface area contributed by atoms with Crippen LogP contribution in [0.5, 0.6) is 11.5 Å². The number of hydrogen-bond acceptors (Lipinski definition) is 4. The summed E-state index contributed by atoms with van der Waals surface area (Å²) in [7, 11) is 1.72. The van der Waals surface area contributed by atoms with E-state index in [-0.39, 0.29) is 29.6 Å². The van der Waals surface area contributed by atoms with Gasteiger partial charge in [-0.05, 0) is 49.7 Å². The van der Waals surface area contributed by atoms with E-state index in [4.69, 9.17) is 4.74 Å². The van der Waals surface area contributed by atoms with Crippen molar-refractivity contribution in [2.24, 2.45) is 11.0 Å². The smallest absolute Gasteiger partial charge is 0.341 e. The summed E-state index contributed by atoms with van der Waals surface area (Å²) < 4.78 is 19.7. The second-order valence-electron chi connectivity index (χ2n) is 7.41. The zero-order valence-electron chi connectivity index (χ0n) is 16.0. The SMILES string of the molecule is CC(C)N(C)C(=O)N1N=C2c3cc(F)ccc3OC[C@H]2[C@H]1c1cccc(O)c1. The van der Waals surface area contributed by atoms with Gasteiger partial charge in [0.1, 0.15) is 17.3 Å². The molecule has 0 spiro atoms. The van der Waals surface area contributed by atoms with Gasteiger partial charge in [0.2, 0.25) is 0 Å². The molecule has 0 saturated heterocycles. The Morgan fingerprint density at radius 3 is 2.82 bits per heavy atom. The number of hydrazone groups is 1. The minimum absolute atomic E-state index is 0.0128. The number of phenolic OH excluding ortho intramolecular Hbond substituents is 1. The zero-order chi connectivity index (χ0) is 20.0. The molecule has 0 aromatic heterocycles. The van der Waals surface area contributed by atoms with Crippen LogP contribution in [0.1, 0.15) is 31.0 Å². The van der Waals surface area contributed by atoms with E-state index in [2.05, 4.69) is 5.10 Å². The third kappa shape index (κ3) is 2.96. The Morgan fingerprint density at radius 2 is 2.11 bits per heavy atom. The van der Waals surface area contributed by atoms with Crippen molar-refractivity contribution < 1.29 is 19.0 Å². The van der Waals surface area contributed by atoms with Gasteiger partial charge < -0.3 is 14.7 Å². The van der Waals surface area contributed by atoms with Crippen LogP contribution in [0.25, 0.3) is 0 Å². The molecule has 4 rings (SSSR count). The van der Waals surface area contributed by atoms with Gasteiger partial charge in [-0.1, -0.05) is 12.1 Å². The zero-order valence-corrected chi connectivity index (χ0v) is 16.0. The Kier molecular flexibility index (Phi) is 4.45. The maximum atomic E-state index is 13.9. The number of amides is 2. The van der Waals surface area contributed by atoms with Gasteiger partial charge in [0.25, 0.3) is 0 Å². The van der Waals surface area contributed by atoms with Crippen LogP contribution < -0.4 is 4.74 Å². The number of carbonyl (C=O) groups excluding carboxylic acids is 1. The number of rotatable bonds is 2. The average Bonchev–Trinajstić information content (AvgIpc) is 3.06. The first-order valence-corrected chi connectivity index (χ1v) is 9.23. The fourth-order valence-electron chi connectivity index (χ4n) is 3.63. The highest BCUT2D eigenvalue weighted by atomic mass is 19.1. The number of fused-ring (bicyclic) bond motifs is 3. The number of aromatic hydroxyl groups is 1. The number of phenols is 1. The molecule has 2 aromatic rings. The van der Waals surface area contributed by atoms with Gasteiger partial charge in [-0.15, -0.1) is 0 Å². The van der Waals surface area contributed by atoms with Crippen LogP contribution >= 0.6 is 0 Å². The molecule has 1 N–H and O–H groups in total. The molecule has 2 atom stereocenters. The van der Waals surface area contributed by atoms with E-state index in [1.54, 1.807) is 36.2 Å². The summed E-state index contributed by atoms with van der Waals surface area (Å²) in [6.45, 7) is 4.16. The van der Waals surface area contributed by atoms with Gasteiger partial charge in [0.05, 0.1) is 24.3 Å². The third-order valence-electron chi connectivity index (χ3n) is 5.33. The molecule has 0 saturated carbocycles. The topological polar surface area (TPSA) is 65.4 Å². The second kappa shape index (κ2) is 6.82. The first kappa shape index (κ1) is 18.3. The summed E-state index contributed by atoms with van der Waals surface area (Å²) in [5.41, 5.74) is 1.93. The molecule has 2 amide bonds. The lowest BCUT2D eigenvalue weighted by molar-refractivity contribution is 0.125. The van der Waals surface area contributed by atoms with Crippen molar-refractivity contribution >= 4 is 11.7 Å². The molecular weight excluding hydrogens is 361 g/mol. The molecule has 0 fully saturated rings. The maximum Gasteiger partial charge on any atom is 0.341 e. The lowest BCUT2D eigenvalue weighted by Gasteiger charge is -2.32. The van der Waals surface area contributed by atoms with Crippen LogP contribution in [-0.2, 0) is 0 Å². The number of benzene rings is 2. The van der Waals surface area contributed by atoms with E-state index in [9.17, 15) is 14.3 Å². The predicted molar refractivity (Wildman–Crippen MR) is 103 cm³/mol. The lowest BCUT2D eigenvalue weighted by atomic mass is 9.86. The Hall–Kier alpha value is -3.09. The van der Waals surface area contributed by atoms with E-state index >= 15 is 0 Å². The minimum Gasteiger partial charge on any atom is -0.508 e. The number of urea groups is 1. The van der Waals surface area contributed by atoms with E-state index in [0.29, 0.717) is 23.6 Å². The summed E-state index contributed by atoms with van der Waals surface area (Å²) in [5, 5.41) is 16.0. The average molecular weight is 383 g/mol. The van der Waals surface area contributed by atoms with E-state index in [0.717, 1.165) is 5.56 Å². The van der Waals surface area contributed by atoms with Crippen molar-refractivity contribution in [3.63, 3.8) is 0 Å². The molecule has 0 bridgehead atoms. The quantitative estimate of drug-likeness (QED) is 0.859.